The summed E-state index contributed by atoms with van der Waals surface area (Å²) in [5, 5.41) is 39.2. The fourth-order valence-corrected chi connectivity index (χ4v) is 4.94. The quantitative estimate of drug-likeness (QED) is 0.199. The monoisotopic (exact) mass is 486 g/mol. The SMILES string of the molecule is OCCc1c2nc(c(CCO)c3ccc([nH]3)c(CCO)c3nc(c(CCO)c4ccc1[nH]4)C=C3)C=C2. The van der Waals surface area contributed by atoms with E-state index in [0.717, 1.165) is 67.1 Å². The first-order chi connectivity index (χ1) is 17.7. The lowest BCUT2D eigenvalue weighted by molar-refractivity contribution is 0.299. The predicted octanol–water partition coefficient (Wildman–Crippen LogP) is 2.79. The molecule has 0 radical (unpaired) electrons. The number of aliphatic hydroxyl groups excluding tert-OH is 4. The number of H-pyrrole nitrogens is 2. The van der Waals surface area contributed by atoms with Crippen LogP contribution in [0, 0.1) is 0 Å². The van der Waals surface area contributed by atoms with Gasteiger partial charge in [-0.3, -0.25) is 0 Å². The Morgan fingerprint density at radius 3 is 0.917 bits per heavy atom. The van der Waals surface area contributed by atoms with Crippen LogP contribution in [0.4, 0.5) is 0 Å². The van der Waals surface area contributed by atoms with Crippen molar-refractivity contribution in [2.24, 2.45) is 0 Å². The minimum atomic E-state index is -0.0243. The van der Waals surface area contributed by atoms with Gasteiger partial charge in [0.05, 0.1) is 22.8 Å². The Morgan fingerprint density at radius 2 is 0.694 bits per heavy atom. The number of fused-ring (bicyclic) bond motifs is 8. The van der Waals surface area contributed by atoms with E-state index in [2.05, 4.69) is 9.97 Å². The molecule has 5 heterocycles. The number of rotatable bonds is 8. The molecule has 8 heteroatoms. The highest BCUT2D eigenvalue weighted by Crippen LogP contribution is 2.27. The van der Waals surface area contributed by atoms with E-state index in [1.165, 1.54) is 0 Å². The van der Waals surface area contributed by atoms with Gasteiger partial charge in [0.25, 0.3) is 0 Å². The minimum absolute atomic E-state index is 0.0243. The van der Waals surface area contributed by atoms with Crippen molar-refractivity contribution < 1.29 is 20.4 Å². The van der Waals surface area contributed by atoms with Crippen LogP contribution in [-0.2, 0) is 25.7 Å². The first-order valence-electron chi connectivity index (χ1n) is 12.2. The number of hydrogen-bond donors (Lipinski definition) is 6. The molecule has 0 aliphatic carbocycles. The third-order valence-electron chi connectivity index (χ3n) is 6.64. The van der Waals surface area contributed by atoms with Gasteiger partial charge in [-0.05, 0) is 74.3 Å². The van der Waals surface area contributed by atoms with Gasteiger partial charge in [0.2, 0.25) is 0 Å². The largest absolute Gasteiger partial charge is 0.396 e. The van der Waals surface area contributed by atoms with E-state index in [9.17, 15) is 20.4 Å². The normalized spacial score (nSPS) is 12.6. The standard InChI is InChI=1S/C28H30N4O4/c33-13-9-17-21-1-2-22(29-21)18(10-14-34)24-5-6-26(31-24)20(12-16-36)28-8-7-27(32-28)19(11-15-35)25-4-3-23(17)30-25/h1-8,29,32-36H,9-16H2. The Balaban J connectivity index is 1.94. The minimum Gasteiger partial charge on any atom is -0.396 e. The molecule has 6 N–H and O–H groups in total. The number of aliphatic hydroxyl groups is 4. The van der Waals surface area contributed by atoms with Crippen LogP contribution in [0.25, 0.3) is 46.4 Å². The highest BCUT2D eigenvalue weighted by molar-refractivity contribution is 5.83. The second-order valence-corrected chi connectivity index (χ2v) is 8.81. The van der Waals surface area contributed by atoms with E-state index < -0.39 is 0 Å². The number of nitrogens with one attached hydrogen (secondary N) is 2. The summed E-state index contributed by atoms with van der Waals surface area (Å²) in [6.07, 6.45) is 9.44. The molecule has 0 saturated heterocycles. The molecule has 0 saturated carbocycles. The average molecular weight is 487 g/mol. The van der Waals surface area contributed by atoms with Crippen molar-refractivity contribution in [1.82, 2.24) is 19.9 Å². The van der Waals surface area contributed by atoms with E-state index in [4.69, 9.17) is 9.97 Å². The van der Waals surface area contributed by atoms with Crippen molar-refractivity contribution in [3.63, 3.8) is 0 Å². The molecule has 3 aromatic heterocycles. The summed E-state index contributed by atoms with van der Waals surface area (Å²) in [6.45, 7) is -0.0971. The van der Waals surface area contributed by atoms with Crippen LogP contribution in [0.3, 0.4) is 0 Å². The van der Waals surface area contributed by atoms with Crippen LogP contribution in [0.5, 0.6) is 0 Å². The van der Waals surface area contributed by atoms with Crippen molar-refractivity contribution in [2.75, 3.05) is 26.4 Å². The van der Waals surface area contributed by atoms with E-state index >= 15 is 0 Å². The molecule has 36 heavy (non-hydrogen) atoms. The predicted molar refractivity (Wildman–Crippen MR) is 142 cm³/mol. The maximum atomic E-state index is 9.79. The number of hydrogen-bond acceptors (Lipinski definition) is 6. The number of aromatic nitrogens is 4. The third-order valence-corrected chi connectivity index (χ3v) is 6.64. The van der Waals surface area contributed by atoms with Crippen LogP contribution in [0.15, 0.2) is 24.3 Å². The van der Waals surface area contributed by atoms with Crippen LogP contribution >= 0.6 is 0 Å². The fourth-order valence-electron chi connectivity index (χ4n) is 4.94. The first-order valence-corrected chi connectivity index (χ1v) is 12.2. The van der Waals surface area contributed by atoms with E-state index in [-0.39, 0.29) is 26.4 Å². The van der Waals surface area contributed by atoms with E-state index in [1.54, 1.807) is 0 Å². The zero-order chi connectivity index (χ0) is 25.1. The lowest BCUT2D eigenvalue weighted by atomic mass is 10.1. The van der Waals surface area contributed by atoms with E-state index in [0.29, 0.717) is 25.7 Å². The summed E-state index contributed by atoms with van der Waals surface area (Å²) < 4.78 is 0. The Hall–Kier alpha value is -3.56. The first kappa shape index (κ1) is 24.1. The van der Waals surface area contributed by atoms with Crippen molar-refractivity contribution >= 4 is 46.4 Å². The summed E-state index contributed by atoms with van der Waals surface area (Å²) >= 11 is 0. The van der Waals surface area contributed by atoms with Crippen molar-refractivity contribution in [2.45, 2.75) is 25.7 Å². The smallest absolute Gasteiger partial charge is 0.0691 e. The van der Waals surface area contributed by atoms with Crippen molar-refractivity contribution in [3.8, 4) is 0 Å². The third kappa shape index (κ3) is 4.52. The summed E-state index contributed by atoms with van der Waals surface area (Å²) in [5.41, 5.74) is 9.94. The molecule has 186 valence electrons. The molecule has 0 spiro atoms. The van der Waals surface area contributed by atoms with Crippen LogP contribution in [-0.4, -0.2) is 66.8 Å². The fraction of sp³-hybridized carbons (Fsp3) is 0.286. The summed E-state index contributed by atoms with van der Waals surface area (Å²) in [5.74, 6) is 0. The van der Waals surface area contributed by atoms with Gasteiger partial charge in [-0.2, -0.15) is 0 Å². The molecule has 3 aromatic rings. The van der Waals surface area contributed by atoms with Crippen LogP contribution in [0.2, 0.25) is 0 Å². The zero-order valence-electron chi connectivity index (χ0n) is 20.0. The Labute approximate surface area is 208 Å². The van der Waals surface area contributed by atoms with Gasteiger partial charge in [0.15, 0.2) is 0 Å². The molecule has 2 aliphatic rings. The molecule has 0 amide bonds. The van der Waals surface area contributed by atoms with Gasteiger partial charge in [-0.1, -0.05) is 0 Å². The maximum absolute atomic E-state index is 9.79. The second kappa shape index (κ2) is 10.6. The molecule has 0 unspecified atom stereocenters. The molecule has 8 nitrogen and oxygen atoms in total. The molecule has 5 rings (SSSR count). The Bertz CT molecular complexity index is 1280. The highest BCUT2D eigenvalue weighted by Gasteiger charge is 2.15. The molecule has 0 aromatic carbocycles. The van der Waals surface area contributed by atoms with Crippen molar-refractivity contribution in [3.05, 3.63) is 69.3 Å². The van der Waals surface area contributed by atoms with Gasteiger partial charge in [-0.15, -0.1) is 0 Å². The highest BCUT2D eigenvalue weighted by atomic mass is 16.3. The molecule has 0 atom stereocenters. The second-order valence-electron chi connectivity index (χ2n) is 8.81. The topological polar surface area (TPSA) is 138 Å². The number of nitrogens with zero attached hydrogens (tertiary/aromatic N) is 2. The van der Waals surface area contributed by atoms with Crippen molar-refractivity contribution in [1.29, 1.82) is 0 Å². The maximum Gasteiger partial charge on any atom is 0.0691 e. The summed E-state index contributed by atoms with van der Waals surface area (Å²) in [7, 11) is 0. The lowest BCUT2D eigenvalue weighted by Crippen LogP contribution is -1.98. The zero-order valence-corrected chi connectivity index (χ0v) is 20.0. The summed E-state index contributed by atoms with van der Waals surface area (Å²) in [6, 6.07) is 7.86. The van der Waals surface area contributed by atoms with Crippen LogP contribution < -0.4 is 0 Å². The van der Waals surface area contributed by atoms with Gasteiger partial charge < -0.3 is 30.4 Å². The van der Waals surface area contributed by atoms with Gasteiger partial charge in [-0.25, -0.2) is 9.97 Å². The van der Waals surface area contributed by atoms with E-state index in [1.807, 2.05) is 48.6 Å². The molecule has 0 fully saturated rings. The molecule has 8 bridgehead atoms. The van der Waals surface area contributed by atoms with Gasteiger partial charge in [0, 0.05) is 70.7 Å². The van der Waals surface area contributed by atoms with Gasteiger partial charge in [0.1, 0.15) is 0 Å². The molecular formula is C28H30N4O4. The summed E-state index contributed by atoms with van der Waals surface area (Å²) in [4.78, 5) is 16.7. The lowest BCUT2D eigenvalue weighted by Gasteiger charge is -2.04. The molecule has 2 aliphatic heterocycles. The van der Waals surface area contributed by atoms with Crippen LogP contribution in [0.1, 0.15) is 45.0 Å². The van der Waals surface area contributed by atoms with Gasteiger partial charge >= 0.3 is 0 Å². The Morgan fingerprint density at radius 1 is 0.444 bits per heavy atom. The molecular weight excluding hydrogens is 456 g/mol. The average Bonchev–Trinajstić information content (AvgIpc) is 3.69. The Kier molecular flexibility index (Phi) is 7.11. The number of aromatic amines is 2.